The minimum atomic E-state index is -0.591. The van der Waals surface area contributed by atoms with Crippen molar-refractivity contribution in [3.05, 3.63) is 28.5 Å². The van der Waals surface area contributed by atoms with E-state index in [1.54, 1.807) is 6.92 Å². The Labute approximate surface area is 80.3 Å². The van der Waals surface area contributed by atoms with E-state index in [1.165, 1.54) is 12.1 Å². The van der Waals surface area contributed by atoms with Crippen molar-refractivity contribution in [2.75, 3.05) is 13.3 Å². The molecule has 0 saturated carbocycles. The Morgan fingerprint density at radius 1 is 1.46 bits per heavy atom. The summed E-state index contributed by atoms with van der Waals surface area (Å²) in [5.74, 6) is -0.0733. The fourth-order valence-electron chi connectivity index (χ4n) is 0.897. The molecule has 1 aromatic carbocycles. The van der Waals surface area contributed by atoms with Crippen LogP contribution in [-0.2, 0) is 0 Å². The van der Waals surface area contributed by atoms with Crippen LogP contribution in [0.5, 0.6) is 5.75 Å². The third-order valence-electron chi connectivity index (χ3n) is 1.62. The highest BCUT2D eigenvalue weighted by Crippen LogP contribution is 2.29. The van der Waals surface area contributed by atoms with E-state index >= 15 is 0 Å². The number of hydrogen-bond donors (Lipinski definition) is 0. The van der Waals surface area contributed by atoms with Gasteiger partial charge in [-0.1, -0.05) is 11.6 Å². The maximum absolute atomic E-state index is 12.9. The van der Waals surface area contributed by atoms with Crippen molar-refractivity contribution >= 4 is 11.6 Å². The van der Waals surface area contributed by atoms with Gasteiger partial charge in [-0.15, -0.1) is 0 Å². The molecule has 0 heterocycles. The number of rotatable bonds is 3. The first-order valence-electron chi connectivity index (χ1n) is 3.80. The van der Waals surface area contributed by atoms with Crippen molar-refractivity contribution in [1.29, 1.82) is 0 Å². The van der Waals surface area contributed by atoms with E-state index in [9.17, 15) is 8.78 Å². The molecule has 13 heavy (non-hydrogen) atoms. The number of halogens is 3. The van der Waals surface area contributed by atoms with Crippen molar-refractivity contribution < 1.29 is 13.5 Å². The van der Waals surface area contributed by atoms with Crippen molar-refractivity contribution in [2.24, 2.45) is 0 Å². The highest BCUT2D eigenvalue weighted by Gasteiger charge is 2.08. The van der Waals surface area contributed by atoms with Gasteiger partial charge in [0.15, 0.2) is 0 Å². The van der Waals surface area contributed by atoms with E-state index in [0.29, 0.717) is 11.3 Å². The van der Waals surface area contributed by atoms with Crippen molar-refractivity contribution in [1.82, 2.24) is 0 Å². The summed E-state index contributed by atoms with van der Waals surface area (Å²) in [7, 11) is 0. The van der Waals surface area contributed by atoms with Gasteiger partial charge >= 0.3 is 0 Å². The predicted octanol–water partition coefficient (Wildman–Crippen LogP) is 3.14. The summed E-state index contributed by atoms with van der Waals surface area (Å²) in [6.45, 7) is 0.886. The third kappa shape index (κ3) is 2.31. The Kier molecular flexibility index (Phi) is 3.48. The quantitative estimate of drug-likeness (QED) is 0.738. The average molecular weight is 207 g/mol. The Balaban J connectivity index is 2.90. The summed E-state index contributed by atoms with van der Waals surface area (Å²) in [6.07, 6.45) is 0. The van der Waals surface area contributed by atoms with Gasteiger partial charge in [0.25, 0.3) is 0 Å². The lowest BCUT2D eigenvalue weighted by Crippen LogP contribution is -2.00. The predicted molar refractivity (Wildman–Crippen MR) is 47.6 cm³/mol. The minimum absolute atomic E-state index is 0.0647. The van der Waals surface area contributed by atoms with Crippen LogP contribution in [-0.4, -0.2) is 13.3 Å². The molecule has 0 saturated heterocycles. The molecule has 0 aliphatic heterocycles. The standard InChI is InChI=1S/C9H9ClF2O/c1-6-7(12)2-3-8(9(6)10)13-5-4-11/h2-3H,4-5H2,1H3. The van der Waals surface area contributed by atoms with E-state index in [0.717, 1.165) is 0 Å². The van der Waals surface area contributed by atoms with E-state index in [2.05, 4.69) is 0 Å². The van der Waals surface area contributed by atoms with E-state index < -0.39 is 12.5 Å². The zero-order chi connectivity index (χ0) is 9.84. The molecule has 0 aliphatic carbocycles. The first-order valence-corrected chi connectivity index (χ1v) is 4.18. The van der Waals surface area contributed by atoms with Crippen LogP contribution in [0.3, 0.4) is 0 Å². The molecule has 0 spiro atoms. The molecule has 4 heteroatoms. The molecule has 0 radical (unpaired) electrons. The first-order chi connectivity index (χ1) is 6.16. The van der Waals surface area contributed by atoms with Gasteiger partial charge in [0.1, 0.15) is 24.8 Å². The molecule has 0 fully saturated rings. The van der Waals surface area contributed by atoms with Gasteiger partial charge in [0.05, 0.1) is 5.02 Å². The lowest BCUT2D eigenvalue weighted by atomic mass is 10.2. The Morgan fingerprint density at radius 3 is 2.77 bits per heavy atom. The SMILES string of the molecule is Cc1c(F)ccc(OCCF)c1Cl. The Morgan fingerprint density at radius 2 is 2.15 bits per heavy atom. The zero-order valence-corrected chi connectivity index (χ0v) is 7.87. The van der Waals surface area contributed by atoms with Gasteiger partial charge in [0, 0.05) is 5.56 Å². The lowest BCUT2D eigenvalue weighted by molar-refractivity contribution is 0.273. The van der Waals surface area contributed by atoms with Crippen LogP contribution in [0, 0.1) is 12.7 Å². The summed E-state index contributed by atoms with van der Waals surface area (Å²) in [6, 6.07) is 2.63. The van der Waals surface area contributed by atoms with Crippen LogP contribution in [0.25, 0.3) is 0 Å². The van der Waals surface area contributed by atoms with E-state index in [1.807, 2.05) is 0 Å². The van der Waals surface area contributed by atoms with Crippen LogP contribution >= 0.6 is 11.6 Å². The lowest BCUT2D eigenvalue weighted by Gasteiger charge is -2.08. The maximum atomic E-state index is 12.9. The second-order valence-electron chi connectivity index (χ2n) is 2.52. The van der Waals surface area contributed by atoms with Crippen LogP contribution in [0.15, 0.2) is 12.1 Å². The highest BCUT2D eigenvalue weighted by molar-refractivity contribution is 6.32. The van der Waals surface area contributed by atoms with Gasteiger partial charge in [-0.3, -0.25) is 0 Å². The smallest absolute Gasteiger partial charge is 0.138 e. The van der Waals surface area contributed by atoms with Crippen LogP contribution < -0.4 is 4.74 Å². The molecule has 1 aromatic rings. The van der Waals surface area contributed by atoms with Gasteiger partial charge in [0.2, 0.25) is 0 Å². The van der Waals surface area contributed by atoms with Crippen LogP contribution in [0.4, 0.5) is 8.78 Å². The zero-order valence-electron chi connectivity index (χ0n) is 7.11. The number of ether oxygens (including phenoxy) is 1. The summed E-state index contributed by atoms with van der Waals surface area (Å²) < 4.78 is 29.6. The summed E-state index contributed by atoms with van der Waals surface area (Å²) in [4.78, 5) is 0. The normalized spacial score (nSPS) is 10.2. The third-order valence-corrected chi connectivity index (χ3v) is 2.09. The molecule has 1 rings (SSSR count). The second-order valence-corrected chi connectivity index (χ2v) is 2.90. The molecule has 0 bridgehead atoms. The van der Waals surface area contributed by atoms with Gasteiger partial charge in [-0.05, 0) is 19.1 Å². The summed E-state index contributed by atoms with van der Waals surface area (Å²) in [5.41, 5.74) is 0.318. The molecule has 0 N–H and O–H groups in total. The highest BCUT2D eigenvalue weighted by atomic mass is 35.5. The second kappa shape index (κ2) is 4.42. The molecule has 0 aliphatic rings. The first kappa shape index (κ1) is 10.3. The number of benzene rings is 1. The number of hydrogen-bond acceptors (Lipinski definition) is 1. The van der Waals surface area contributed by atoms with Crippen LogP contribution in [0.2, 0.25) is 5.02 Å². The van der Waals surface area contributed by atoms with Crippen LogP contribution in [0.1, 0.15) is 5.56 Å². The molecule has 0 amide bonds. The summed E-state index contributed by atoms with van der Waals surface area (Å²) in [5, 5.41) is 0.202. The largest absolute Gasteiger partial charge is 0.489 e. The maximum Gasteiger partial charge on any atom is 0.138 e. The molecule has 0 atom stereocenters. The van der Waals surface area contributed by atoms with Gasteiger partial charge < -0.3 is 4.74 Å². The van der Waals surface area contributed by atoms with Gasteiger partial charge in [-0.25, -0.2) is 8.78 Å². The van der Waals surface area contributed by atoms with E-state index in [-0.39, 0.29) is 11.6 Å². The molecular formula is C9H9ClF2O. The van der Waals surface area contributed by atoms with Crippen molar-refractivity contribution in [3.63, 3.8) is 0 Å². The molecule has 72 valence electrons. The summed E-state index contributed by atoms with van der Waals surface area (Å²) >= 11 is 5.75. The Hall–Kier alpha value is -0.830. The molecule has 0 aromatic heterocycles. The topological polar surface area (TPSA) is 9.23 Å². The van der Waals surface area contributed by atoms with Crippen molar-refractivity contribution in [3.8, 4) is 5.75 Å². The fourth-order valence-corrected chi connectivity index (χ4v) is 1.10. The number of alkyl halides is 1. The minimum Gasteiger partial charge on any atom is -0.489 e. The van der Waals surface area contributed by atoms with E-state index in [4.69, 9.17) is 16.3 Å². The molecular weight excluding hydrogens is 198 g/mol. The monoisotopic (exact) mass is 206 g/mol. The van der Waals surface area contributed by atoms with Crippen molar-refractivity contribution in [2.45, 2.75) is 6.92 Å². The fraction of sp³-hybridized carbons (Fsp3) is 0.333. The molecule has 1 nitrogen and oxygen atoms in total. The van der Waals surface area contributed by atoms with Gasteiger partial charge in [-0.2, -0.15) is 0 Å². The Bertz CT molecular complexity index is 302. The average Bonchev–Trinajstić information content (AvgIpc) is 2.13. The molecule has 0 unspecified atom stereocenters.